The van der Waals surface area contributed by atoms with Crippen molar-refractivity contribution in [1.29, 1.82) is 0 Å². The van der Waals surface area contributed by atoms with Crippen LogP contribution in [0.25, 0.3) is 0 Å². The SMILES string of the molecule is CCC1(COC(=O)c2cc(OC(=O)CCc3ccc(OCCCCOCC4(C)COC4)cc3)ccc2OC(=O)CCc2ccc(OCCCCOCC3(C)COC3)cc2)COC1. The maximum absolute atomic E-state index is 13.5. The van der Waals surface area contributed by atoms with E-state index >= 15 is 0 Å². The lowest BCUT2D eigenvalue weighted by Crippen LogP contribution is -2.46. The number of rotatable bonds is 28. The van der Waals surface area contributed by atoms with Crippen molar-refractivity contribution in [2.45, 2.75) is 78.6 Å². The number of ether oxygens (including phenoxy) is 10. The quantitative estimate of drug-likeness (QED) is 0.0399. The van der Waals surface area contributed by atoms with E-state index in [1.54, 1.807) is 0 Å². The Hall–Kier alpha value is -4.53. The summed E-state index contributed by atoms with van der Waals surface area (Å²) < 4.78 is 56.3. The summed E-state index contributed by atoms with van der Waals surface area (Å²) >= 11 is 0. The lowest BCUT2D eigenvalue weighted by atomic mass is 9.84. The van der Waals surface area contributed by atoms with Crippen molar-refractivity contribution in [2.75, 3.05) is 85.9 Å². The standard InChI is InChI=1S/C49H64O13/c1-4-49(34-57-35-49)36-60-46(52)42-27-41(61-44(50)21-13-37-9-15-39(16-10-37)58-25-7-5-23-53-28-47(2)30-55-31-47)19-20-43(42)62-45(51)22-14-38-11-17-40(18-12-38)59-26-8-6-24-54-29-48(3)32-56-33-48/h9-12,15-20,27H,4-8,13-14,21-26,28-36H2,1-3H3. The first-order chi connectivity index (χ1) is 30.0. The van der Waals surface area contributed by atoms with Crippen LogP contribution in [-0.2, 0) is 50.9 Å². The van der Waals surface area contributed by atoms with Crippen LogP contribution in [0.5, 0.6) is 23.0 Å². The minimum absolute atomic E-state index is 0.00770. The molecule has 0 aliphatic carbocycles. The highest BCUT2D eigenvalue weighted by Gasteiger charge is 2.39. The molecular formula is C49H64O13. The second-order valence-electron chi connectivity index (χ2n) is 17.6. The fourth-order valence-corrected chi connectivity index (χ4v) is 6.95. The minimum Gasteiger partial charge on any atom is -0.494 e. The zero-order valence-electron chi connectivity index (χ0n) is 36.7. The third-order valence-corrected chi connectivity index (χ3v) is 11.4. The Kier molecular flexibility index (Phi) is 17.6. The fraction of sp³-hybridized carbons (Fsp3) is 0.571. The number of hydrogen-bond donors (Lipinski definition) is 0. The third-order valence-electron chi connectivity index (χ3n) is 11.4. The molecule has 3 aromatic rings. The monoisotopic (exact) mass is 860 g/mol. The van der Waals surface area contributed by atoms with Gasteiger partial charge in [-0.1, -0.05) is 45.0 Å². The predicted molar refractivity (Wildman–Crippen MR) is 230 cm³/mol. The zero-order chi connectivity index (χ0) is 43.7. The Balaban J connectivity index is 0.925. The van der Waals surface area contributed by atoms with Gasteiger partial charge in [0.2, 0.25) is 0 Å². The predicted octanol–water partition coefficient (Wildman–Crippen LogP) is 7.77. The van der Waals surface area contributed by atoms with Crippen LogP contribution in [0.2, 0.25) is 0 Å². The van der Waals surface area contributed by atoms with E-state index in [-0.39, 0.29) is 52.8 Å². The molecule has 13 nitrogen and oxygen atoms in total. The summed E-state index contributed by atoms with van der Waals surface area (Å²) in [6.45, 7) is 14.6. The molecule has 3 heterocycles. The summed E-state index contributed by atoms with van der Waals surface area (Å²) in [5.41, 5.74) is 1.96. The van der Waals surface area contributed by atoms with Gasteiger partial charge in [-0.2, -0.15) is 0 Å². The van der Waals surface area contributed by atoms with Gasteiger partial charge in [0.1, 0.15) is 35.2 Å². The number of benzene rings is 3. The molecule has 0 N–H and O–H groups in total. The van der Waals surface area contributed by atoms with Gasteiger partial charge in [-0.3, -0.25) is 9.59 Å². The van der Waals surface area contributed by atoms with E-state index in [0.717, 1.165) is 94.4 Å². The number of hydrogen-bond acceptors (Lipinski definition) is 13. The summed E-state index contributed by atoms with van der Waals surface area (Å²) in [5, 5.41) is 0. The van der Waals surface area contributed by atoms with Crippen LogP contribution >= 0.6 is 0 Å². The molecule has 62 heavy (non-hydrogen) atoms. The largest absolute Gasteiger partial charge is 0.494 e. The van der Waals surface area contributed by atoms with Gasteiger partial charge in [0.25, 0.3) is 0 Å². The second-order valence-corrected chi connectivity index (χ2v) is 17.6. The van der Waals surface area contributed by atoms with Crippen LogP contribution in [0.1, 0.15) is 87.2 Å². The van der Waals surface area contributed by atoms with Gasteiger partial charge >= 0.3 is 17.9 Å². The smallest absolute Gasteiger partial charge is 0.342 e. The lowest BCUT2D eigenvalue weighted by Gasteiger charge is -2.39. The van der Waals surface area contributed by atoms with Crippen molar-refractivity contribution in [2.24, 2.45) is 16.2 Å². The van der Waals surface area contributed by atoms with E-state index in [1.807, 2.05) is 55.5 Å². The number of carbonyl (C=O) groups excluding carboxylic acids is 3. The Morgan fingerprint density at radius 2 is 1.03 bits per heavy atom. The molecule has 0 amide bonds. The first-order valence-electron chi connectivity index (χ1n) is 22.1. The van der Waals surface area contributed by atoms with Crippen molar-refractivity contribution >= 4 is 17.9 Å². The van der Waals surface area contributed by atoms with Gasteiger partial charge < -0.3 is 47.4 Å². The Morgan fingerprint density at radius 3 is 1.48 bits per heavy atom. The molecule has 3 fully saturated rings. The Labute approximate surface area is 365 Å². The molecule has 3 saturated heterocycles. The Bertz CT molecular complexity index is 1860. The van der Waals surface area contributed by atoms with Crippen molar-refractivity contribution in [3.8, 4) is 23.0 Å². The molecule has 13 heteroatoms. The zero-order valence-corrected chi connectivity index (χ0v) is 36.7. The molecule has 3 aliphatic heterocycles. The molecule has 0 radical (unpaired) electrons. The molecule has 3 aliphatic rings. The van der Waals surface area contributed by atoms with Gasteiger partial charge in [-0.25, -0.2) is 4.79 Å². The summed E-state index contributed by atoms with van der Waals surface area (Å²) in [7, 11) is 0. The van der Waals surface area contributed by atoms with E-state index in [4.69, 9.17) is 47.4 Å². The Morgan fingerprint density at radius 1 is 0.565 bits per heavy atom. The number of carbonyl (C=O) groups is 3. The summed E-state index contributed by atoms with van der Waals surface area (Å²) in [6, 6.07) is 19.6. The summed E-state index contributed by atoms with van der Waals surface area (Å²) in [6.07, 6.45) is 5.46. The van der Waals surface area contributed by atoms with Crippen LogP contribution in [0.3, 0.4) is 0 Å². The number of unbranched alkanes of at least 4 members (excludes halogenated alkanes) is 2. The normalized spacial score (nSPS) is 16.8. The molecule has 6 rings (SSSR count). The van der Waals surface area contributed by atoms with Crippen molar-refractivity contribution in [3.05, 3.63) is 83.4 Å². The van der Waals surface area contributed by atoms with E-state index < -0.39 is 17.9 Å². The minimum atomic E-state index is -0.684. The molecule has 0 atom stereocenters. The highest BCUT2D eigenvalue weighted by molar-refractivity contribution is 5.94. The van der Waals surface area contributed by atoms with Crippen molar-refractivity contribution in [3.63, 3.8) is 0 Å². The highest BCUT2D eigenvalue weighted by Crippen LogP contribution is 2.33. The number of esters is 3. The topological polar surface area (TPSA) is 144 Å². The third kappa shape index (κ3) is 14.8. The summed E-state index contributed by atoms with van der Waals surface area (Å²) in [5.74, 6) is 0.0131. The second kappa shape index (κ2) is 23.2. The summed E-state index contributed by atoms with van der Waals surface area (Å²) in [4.78, 5) is 39.5. The first-order valence-corrected chi connectivity index (χ1v) is 22.1. The molecule has 0 bridgehead atoms. The van der Waals surface area contributed by atoms with Gasteiger partial charge in [-0.05, 0) is 98.5 Å². The molecule has 0 aromatic heterocycles. The van der Waals surface area contributed by atoms with Crippen LogP contribution in [0, 0.1) is 16.2 Å². The highest BCUT2D eigenvalue weighted by atomic mass is 16.6. The van der Waals surface area contributed by atoms with Crippen LogP contribution in [0.15, 0.2) is 66.7 Å². The van der Waals surface area contributed by atoms with Gasteiger partial charge in [0.05, 0.1) is 71.5 Å². The van der Waals surface area contributed by atoms with E-state index in [1.165, 1.54) is 18.2 Å². The molecular weight excluding hydrogens is 797 g/mol. The molecule has 338 valence electrons. The van der Waals surface area contributed by atoms with E-state index in [9.17, 15) is 14.4 Å². The molecule has 0 spiro atoms. The van der Waals surface area contributed by atoms with Crippen molar-refractivity contribution < 1.29 is 61.8 Å². The lowest BCUT2D eigenvalue weighted by molar-refractivity contribution is -0.140. The fourth-order valence-electron chi connectivity index (χ4n) is 6.95. The average Bonchev–Trinajstić information content (AvgIpc) is 3.24. The van der Waals surface area contributed by atoms with Gasteiger partial charge in [0.15, 0.2) is 0 Å². The van der Waals surface area contributed by atoms with Gasteiger partial charge in [-0.15, -0.1) is 0 Å². The molecule has 3 aromatic carbocycles. The molecule has 0 unspecified atom stereocenters. The van der Waals surface area contributed by atoms with E-state index in [2.05, 4.69) is 13.8 Å². The van der Waals surface area contributed by atoms with Crippen LogP contribution < -0.4 is 18.9 Å². The number of aryl methyl sites for hydroxylation is 2. The van der Waals surface area contributed by atoms with Gasteiger partial charge in [0, 0.05) is 36.9 Å². The first kappa shape index (κ1) is 47.0. The maximum Gasteiger partial charge on any atom is 0.342 e. The van der Waals surface area contributed by atoms with Crippen molar-refractivity contribution in [1.82, 2.24) is 0 Å². The maximum atomic E-state index is 13.5. The van der Waals surface area contributed by atoms with Crippen LogP contribution in [-0.4, -0.2) is 104 Å². The van der Waals surface area contributed by atoms with E-state index in [0.29, 0.717) is 52.5 Å². The van der Waals surface area contributed by atoms with Crippen LogP contribution in [0.4, 0.5) is 0 Å². The average molecular weight is 861 g/mol. The molecule has 0 saturated carbocycles.